The average molecular weight is 425 g/mol. The van der Waals surface area contributed by atoms with E-state index in [4.69, 9.17) is 10.3 Å². The molecule has 0 aromatic heterocycles. The monoisotopic (exact) mass is 424 g/mol. The number of carbonyl (C=O) groups is 1. The van der Waals surface area contributed by atoms with Crippen molar-refractivity contribution in [2.45, 2.75) is 32.7 Å². The lowest BCUT2D eigenvalue weighted by molar-refractivity contribution is -0.118. The molecule has 0 radical (unpaired) electrons. The number of methoxy groups -OCH3 is 1. The molecule has 3 aromatic carbocycles. The Kier molecular flexibility index (Phi) is 4.68. The van der Waals surface area contributed by atoms with E-state index in [1.165, 1.54) is 0 Å². The lowest BCUT2D eigenvalue weighted by atomic mass is 9.68. The van der Waals surface area contributed by atoms with Gasteiger partial charge in [0.05, 0.1) is 18.8 Å². The molecule has 6 nitrogen and oxygen atoms in total. The van der Waals surface area contributed by atoms with Crippen molar-refractivity contribution in [2.75, 3.05) is 12.4 Å². The number of hydrogen-bond acceptors (Lipinski definition) is 4. The van der Waals surface area contributed by atoms with Crippen LogP contribution in [0, 0.1) is 5.41 Å². The number of fused-ring (bicyclic) bond motifs is 4. The first-order chi connectivity index (χ1) is 15.4. The Bertz CT molecular complexity index is 1350. The van der Waals surface area contributed by atoms with Gasteiger partial charge in [-0.1, -0.05) is 55.4 Å². The molecule has 0 amide bonds. The van der Waals surface area contributed by atoms with Gasteiger partial charge in [-0.25, -0.2) is 0 Å². The number of rotatable bonds is 3. The van der Waals surface area contributed by atoms with Crippen LogP contribution in [0.4, 0.5) is 11.4 Å². The van der Waals surface area contributed by atoms with Gasteiger partial charge in [-0.2, -0.15) is 0 Å². The molecule has 1 heterocycles. The average Bonchev–Trinajstić information content (AvgIpc) is 2.77. The fourth-order valence-corrected chi connectivity index (χ4v) is 5.09. The molecule has 2 aliphatic rings. The van der Waals surface area contributed by atoms with Crippen LogP contribution in [-0.4, -0.2) is 12.9 Å². The summed E-state index contributed by atoms with van der Waals surface area (Å²) in [5.74, 6) is 0.655. The Hall–Kier alpha value is -3.76. The second-order valence-corrected chi connectivity index (χ2v) is 9.24. The largest absolute Gasteiger partial charge is 0.496 e. The molecule has 0 saturated carbocycles. The molecule has 5 rings (SSSR count). The minimum absolute atomic E-state index is 0.102. The van der Waals surface area contributed by atoms with Gasteiger partial charge in [-0.05, 0) is 57.5 Å². The summed E-state index contributed by atoms with van der Waals surface area (Å²) in [4.78, 5) is 16.4. The van der Waals surface area contributed by atoms with Crippen LogP contribution in [0.2, 0.25) is 0 Å². The molecule has 0 spiro atoms. The maximum Gasteiger partial charge on any atom is 0.162 e. The number of ketones is 1. The number of hydrogen-bond donors (Lipinski definition) is 1. The van der Waals surface area contributed by atoms with Crippen molar-refractivity contribution in [3.8, 4) is 5.75 Å². The Morgan fingerprint density at radius 2 is 1.94 bits per heavy atom. The molecular formula is C26H24N4O2. The molecule has 0 saturated heterocycles. The summed E-state index contributed by atoms with van der Waals surface area (Å²) in [7, 11) is 1.55. The quantitative estimate of drug-likeness (QED) is 0.276. The molecule has 0 fully saturated rings. The van der Waals surface area contributed by atoms with Gasteiger partial charge in [0, 0.05) is 28.2 Å². The fourth-order valence-electron chi connectivity index (χ4n) is 5.09. The minimum Gasteiger partial charge on any atom is -0.496 e. The highest BCUT2D eigenvalue weighted by Gasteiger charge is 2.40. The standard InChI is InChI=1S/C26H24N4O2/c1-26(2)13-18-23-17-7-5-4-6-15(17)8-11-20(23)28-25(24(18)21(31)14-26)16-9-10-19(29-30-27)22(12-16)32-3/h4-12,25,28H,13-14H2,1-3H3. The Morgan fingerprint density at radius 3 is 2.72 bits per heavy atom. The van der Waals surface area contributed by atoms with Crippen molar-refractivity contribution in [1.29, 1.82) is 0 Å². The number of anilines is 1. The topological polar surface area (TPSA) is 87.1 Å². The van der Waals surface area contributed by atoms with Gasteiger partial charge in [0.1, 0.15) is 5.75 Å². The highest BCUT2D eigenvalue weighted by Crippen LogP contribution is 2.52. The molecule has 0 bridgehead atoms. The number of allylic oxidation sites excluding steroid dienone is 1. The number of nitrogens with one attached hydrogen (secondary N) is 1. The lowest BCUT2D eigenvalue weighted by Crippen LogP contribution is -2.33. The van der Waals surface area contributed by atoms with Crippen LogP contribution in [0.5, 0.6) is 5.75 Å². The van der Waals surface area contributed by atoms with Crippen LogP contribution in [-0.2, 0) is 4.79 Å². The van der Waals surface area contributed by atoms with Crippen LogP contribution >= 0.6 is 0 Å². The summed E-state index contributed by atoms with van der Waals surface area (Å²) in [5.41, 5.74) is 14.2. The first-order valence-corrected chi connectivity index (χ1v) is 10.7. The van der Waals surface area contributed by atoms with Crippen LogP contribution in [0.15, 0.2) is 65.3 Å². The number of ether oxygens (including phenoxy) is 1. The highest BCUT2D eigenvalue weighted by atomic mass is 16.5. The van der Waals surface area contributed by atoms with Gasteiger partial charge in [-0.3, -0.25) is 4.79 Å². The van der Waals surface area contributed by atoms with Crippen LogP contribution in [0.1, 0.15) is 43.9 Å². The van der Waals surface area contributed by atoms with E-state index < -0.39 is 0 Å². The molecular weight excluding hydrogens is 400 g/mol. The number of carbonyl (C=O) groups excluding carboxylic acids is 1. The Labute approximate surface area is 186 Å². The molecule has 160 valence electrons. The maximum atomic E-state index is 13.5. The molecule has 1 aliphatic heterocycles. The van der Waals surface area contributed by atoms with E-state index in [9.17, 15) is 4.79 Å². The van der Waals surface area contributed by atoms with Crippen molar-refractivity contribution in [3.05, 3.63) is 81.7 Å². The van der Waals surface area contributed by atoms with E-state index >= 15 is 0 Å². The maximum absolute atomic E-state index is 13.5. The zero-order valence-electron chi connectivity index (χ0n) is 18.3. The van der Waals surface area contributed by atoms with Crippen molar-refractivity contribution in [2.24, 2.45) is 10.5 Å². The minimum atomic E-state index is -0.295. The first-order valence-electron chi connectivity index (χ1n) is 10.7. The van der Waals surface area contributed by atoms with E-state index in [-0.39, 0.29) is 17.2 Å². The molecule has 32 heavy (non-hydrogen) atoms. The number of nitrogens with zero attached hydrogens (tertiary/aromatic N) is 3. The van der Waals surface area contributed by atoms with Crippen molar-refractivity contribution in [3.63, 3.8) is 0 Å². The Balaban J connectivity index is 1.75. The zero-order valence-corrected chi connectivity index (χ0v) is 18.3. The summed E-state index contributed by atoms with van der Waals surface area (Å²) in [6.45, 7) is 4.32. The van der Waals surface area contributed by atoms with Crippen LogP contribution in [0.25, 0.3) is 26.8 Å². The summed E-state index contributed by atoms with van der Waals surface area (Å²) >= 11 is 0. The molecule has 6 heteroatoms. The van der Waals surface area contributed by atoms with Gasteiger partial charge < -0.3 is 10.1 Å². The Morgan fingerprint density at radius 1 is 1.12 bits per heavy atom. The third-order valence-corrected chi connectivity index (χ3v) is 6.43. The van der Waals surface area contributed by atoms with Crippen molar-refractivity contribution in [1.82, 2.24) is 0 Å². The third kappa shape index (κ3) is 3.20. The first kappa shape index (κ1) is 20.2. The fraction of sp³-hybridized carbons (Fsp3) is 0.269. The predicted octanol–water partition coefficient (Wildman–Crippen LogP) is 7.10. The van der Waals surface area contributed by atoms with Crippen LogP contribution < -0.4 is 10.1 Å². The van der Waals surface area contributed by atoms with Gasteiger partial charge >= 0.3 is 0 Å². The van der Waals surface area contributed by atoms with Gasteiger partial charge in [-0.15, -0.1) is 0 Å². The molecule has 3 aromatic rings. The number of benzene rings is 3. The number of Topliss-reactive ketones (excluding diaryl/α,β-unsaturated/α-hetero) is 1. The third-order valence-electron chi connectivity index (χ3n) is 6.43. The van der Waals surface area contributed by atoms with Gasteiger partial charge in [0.2, 0.25) is 0 Å². The molecule has 1 N–H and O–H groups in total. The summed E-state index contributed by atoms with van der Waals surface area (Å²) in [6, 6.07) is 17.7. The number of azide groups is 1. The van der Waals surface area contributed by atoms with E-state index in [1.54, 1.807) is 13.2 Å². The summed E-state index contributed by atoms with van der Waals surface area (Å²) in [5, 5.41) is 9.65. The van der Waals surface area contributed by atoms with Gasteiger partial charge in [0.15, 0.2) is 5.78 Å². The van der Waals surface area contributed by atoms with E-state index in [0.717, 1.165) is 45.2 Å². The highest BCUT2D eigenvalue weighted by molar-refractivity contribution is 6.12. The molecule has 1 atom stereocenters. The van der Waals surface area contributed by atoms with E-state index in [1.807, 2.05) is 24.3 Å². The van der Waals surface area contributed by atoms with Crippen molar-refractivity contribution >= 4 is 33.5 Å². The van der Waals surface area contributed by atoms with Gasteiger partial charge in [0.25, 0.3) is 0 Å². The van der Waals surface area contributed by atoms with E-state index in [0.29, 0.717) is 17.9 Å². The summed E-state index contributed by atoms with van der Waals surface area (Å²) in [6.07, 6.45) is 1.35. The van der Waals surface area contributed by atoms with Crippen LogP contribution in [0.3, 0.4) is 0 Å². The molecule has 1 unspecified atom stereocenters. The second kappa shape index (κ2) is 7.43. The predicted molar refractivity (Wildman–Crippen MR) is 127 cm³/mol. The lowest BCUT2D eigenvalue weighted by Gasteiger charge is -2.40. The second-order valence-electron chi connectivity index (χ2n) is 9.24. The SMILES string of the molecule is COc1cc(C2Nc3ccc4ccccc4c3C3=C2C(=O)CC(C)(C)C3)ccc1N=[N+]=[N-]. The van der Waals surface area contributed by atoms with Crippen molar-refractivity contribution < 1.29 is 9.53 Å². The zero-order chi connectivity index (χ0) is 22.5. The summed E-state index contributed by atoms with van der Waals surface area (Å²) < 4.78 is 5.46. The molecule has 1 aliphatic carbocycles. The smallest absolute Gasteiger partial charge is 0.162 e. The normalized spacial score (nSPS) is 19.0. The van der Waals surface area contributed by atoms with E-state index in [2.05, 4.69) is 53.5 Å².